The molecular weight excluding hydrogens is 378 g/mol. The van der Waals surface area contributed by atoms with Crippen molar-refractivity contribution >= 4 is 33.1 Å². The average molecular weight is 395 g/mol. The maximum absolute atomic E-state index is 12.7. The maximum Gasteiger partial charge on any atom is 0.337 e. The zero-order valence-electron chi connectivity index (χ0n) is 14.2. The number of benzene rings is 2. The summed E-state index contributed by atoms with van der Waals surface area (Å²) in [6.45, 7) is -0.102. The molecule has 27 heavy (non-hydrogen) atoms. The summed E-state index contributed by atoms with van der Waals surface area (Å²) in [5.41, 5.74) is -0.0907. The van der Waals surface area contributed by atoms with Gasteiger partial charge in [0.2, 0.25) is 0 Å². The van der Waals surface area contributed by atoms with Gasteiger partial charge in [-0.25, -0.2) is 13.2 Å². The molecule has 0 bridgehead atoms. The van der Waals surface area contributed by atoms with Crippen LogP contribution in [-0.2, 0) is 14.8 Å². The topological polar surface area (TPSA) is 148 Å². The zero-order chi connectivity index (χ0) is 20.0. The highest BCUT2D eigenvalue weighted by Gasteiger charge is 2.20. The number of nitro groups is 1. The van der Waals surface area contributed by atoms with Crippen molar-refractivity contribution in [2.24, 2.45) is 0 Å². The number of carbonyl (C=O) groups is 1. The number of sulfonamides is 1. The Morgan fingerprint density at radius 3 is 2.59 bits per heavy atom. The molecule has 2 aromatic rings. The van der Waals surface area contributed by atoms with Crippen LogP contribution in [0.5, 0.6) is 0 Å². The van der Waals surface area contributed by atoms with Gasteiger partial charge >= 0.3 is 5.97 Å². The van der Waals surface area contributed by atoms with Crippen molar-refractivity contribution in [3.8, 4) is 0 Å². The molecule has 144 valence electrons. The lowest BCUT2D eigenvalue weighted by Gasteiger charge is -2.14. The maximum atomic E-state index is 12.7. The van der Waals surface area contributed by atoms with Gasteiger partial charge in [0.05, 0.1) is 40.5 Å². The first-order chi connectivity index (χ1) is 12.8. The van der Waals surface area contributed by atoms with E-state index in [1.54, 1.807) is 0 Å². The van der Waals surface area contributed by atoms with Crippen LogP contribution in [0.1, 0.15) is 10.4 Å². The van der Waals surface area contributed by atoms with E-state index in [0.717, 1.165) is 12.1 Å². The summed E-state index contributed by atoms with van der Waals surface area (Å²) in [5, 5.41) is 22.7. The van der Waals surface area contributed by atoms with E-state index in [2.05, 4.69) is 14.8 Å². The summed E-state index contributed by atoms with van der Waals surface area (Å²) in [7, 11) is -2.98. The van der Waals surface area contributed by atoms with Gasteiger partial charge in [0.15, 0.2) is 0 Å². The number of non-ortho nitro benzene ring substituents is 1. The normalized spacial score (nSPS) is 10.9. The molecule has 0 aromatic heterocycles. The second-order valence-corrected chi connectivity index (χ2v) is 6.94. The monoisotopic (exact) mass is 395 g/mol. The molecule has 0 saturated carbocycles. The fraction of sp³-hybridized carbons (Fsp3) is 0.188. The number of hydrogen-bond donors (Lipinski definition) is 3. The smallest absolute Gasteiger partial charge is 0.337 e. The van der Waals surface area contributed by atoms with E-state index in [9.17, 15) is 23.3 Å². The molecule has 0 radical (unpaired) electrons. The Labute approximate surface area is 155 Å². The highest BCUT2D eigenvalue weighted by Crippen LogP contribution is 2.29. The first kappa shape index (κ1) is 20.1. The fourth-order valence-electron chi connectivity index (χ4n) is 2.19. The third-order valence-electron chi connectivity index (χ3n) is 3.45. The number of hydrogen-bond acceptors (Lipinski definition) is 8. The molecule has 0 heterocycles. The summed E-state index contributed by atoms with van der Waals surface area (Å²) < 4.78 is 32.2. The number of anilines is 2. The van der Waals surface area contributed by atoms with Crippen molar-refractivity contribution in [2.75, 3.05) is 30.3 Å². The van der Waals surface area contributed by atoms with E-state index >= 15 is 0 Å². The number of esters is 1. The number of methoxy groups -OCH3 is 1. The van der Waals surface area contributed by atoms with Gasteiger partial charge in [-0.3, -0.25) is 14.8 Å². The summed E-state index contributed by atoms with van der Waals surface area (Å²) in [6, 6.07) is 8.76. The third-order valence-corrected chi connectivity index (χ3v) is 4.81. The van der Waals surface area contributed by atoms with Gasteiger partial charge in [-0.15, -0.1) is 0 Å². The lowest BCUT2D eigenvalue weighted by Crippen LogP contribution is -2.16. The van der Waals surface area contributed by atoms with Crippen molar-refractivity contribution in [2.45, 2.75) is 4.90 Å². The number of nitrogens with one attached hydrogen (secondary N) is 2. The van der Waals surface area contributed by atoms with Crippen molar-refractivity contribution in [3.05, 3.63) is 58.1 Å². The standard InChI is InChI=1S/C16H17N3O7S/c1-26-16(21)11-3-2-4-13(9-11)27(24,25)18-15-10-12(19(22)23)5-6-14(15)17-7-8-20/h2-6,9-10,17-18,20H,7-8H2,1H3. The lowest BCUT2D eigenvalue weighted by atomic mass is 10.2. The Morgan fingerprint density at radius 1 is 1.22 bits per heavy atom. The van der Waals surface area contributed by atoms with Crippen LogP contribution >= 0.6 is 0 Å². The molecule has 0 fully saturated rings. The zero-order valence-corrected chi connectivity index (χ0v) is 15.0. The number of aliphatic hydroxyl groups excluding tert-OH is 1. The second kappa shape index (κ2) is 8.47. The van der Waals surface area contributed by atoms with Crippen molar-refractivity contribution < 1.29 is 28.0 Å². The summed E-state index contributed by atoms with van der Waals surface area (Å²) in [5.74, 6) is -0.701. The Morgan fingerprint density at radius 2 is 1.96 bits per heavy atom. The second-order valence-electron chi connectivity index (χ2n) is 5.26. The van der Waals surface area contributed by atoms with Crippen LogP contribution in [0.2, 0.25) is 0 Å². The molecule has 11 heteroatoms. The minimum Gasteiger partial charge on any atom is -0.465 e. The molecule has 0 aliphatic heterocycles. The fourth-order valence-corrected chi connectivity index (χ4v) is 3.30. The van der Waals surface area contributed by atoms with Gasteiger partial charge < -0.3 is 15.2 Å². The van der Waals surface area contributed by atoms with Crippen LogP contribution in [0.3, 0.4) is 0 Å². The molecule has 0 amide bonds. The van der Waals surface area contributed by atoms with Crippen molar-refractivity contribution in [3.63, 3.8) is 0 Å². The van der Waals surface area contributed by atoms with Crippen LogP contribution < -0.4 is 10.0 Å². The van der Waals surface area contributed by atoms with Crippen LogP contribution in [-0.4, -0.2) is 44.7 Å². The predicted octanol–water partition coefficient (Wildman–Crippen LogP) is 1.59. The molecule has 2 aromatic carbocycles. The molecule has 0 aliphatic carbocycles. The van der Waals surface area contributed by atoms with E-state index in [1.807, 2.05) is 0 Å². The number of nitro benzene ring substituents is 1. The van der Waals surface area contributed by atoms with E-state index in [-0.39, 0.29) is 40.7 Å². The minimum atomic E-state index is -4.15. The largest absolute Gasteiger partial charge is 0.465 e. The van der Waals surface area contributed by atoms with Gasteiger partial charge in [0, 0.05) is 18.7 Å². The SMILES string of the molecule is COC(=O)c1cccc(S(=O)(=O)Nc2cc([N+](=O)[O-])ccc2NCCO)c1. The molecule has 0 unspecified atom stereocenters. The van der Waals surface area contributed by atoms with Crippen LogP contribution in [0.4, 0.5) is 17.1 Å². The Bertz CT molecular complexity index is 960. The highest BCUT2D eigenvalue weighted by atomic mass is 32.2. The number of rotatable bonds is 8. The highest BCUT2D eigenvalue weighted by molar-refractivity contribution is 7.92. The van der Waals surface area contributed by atoms with E-state index in [1.165, 1.54) is 37.4 Å². The molecule has 0 saturated heterocycles. The molecule has 10 nitrogen and oxygen atoms in total. The predicted molar refractivity (Wildman–Crippen MR) is 97.3 cm³/mol. The number of carbonyl (C=O) groups excluding carboxylic acids is 1. The third kappa shape index (κ3) is 4.92. The Balaban J connectivity index is 2.43. The number of nitrogens with zero attached hydrogens (tertiary/aromatic N) is 1. The van der Waals surface area contributed by atoms with Crippen LogP contribution in [0.15, 0.2) is 47.4 Å². The summed E-state index contributed by atoms with van der Waals surface area (Å²) in [6.07, 6.45) is 0. The first-order valence-corrected chi connectivity index (χ1v) is 9.11. The van der Waals surface area contributed by atoms with Gasteiger partial charge in [0.1, 0.15) is 0 Å². The van der Waals surface area contributed by atoms with Gasteiger partial charge in [0.25, 0.3) is 15.7 Å². The van der Waals surface area contributed by atoms with Crippen LogP contribution in [0.25, 0.3) is 0 Å². The molecule has 2 rings (SSSR count). The van der Waals surface area contributed by atoms with E-state index in [0.29, 0.717) is 0 Å². The molecule has 0 aliphatic rings. The minimum absolute atomic E-state index is 0.0399. The molecular formula is C16H17N3O7S. The first-order valence-electron chi connectivity index (χ1n) is 7.63. The summed E-state index contributed by atoms with van der Waals surface area (Å²) in [4.78, 5) is 21.7. The lowest BCUT2D eigenvalue weighted by molar-refractivity contribution is -0.384. The summed E-state index contributed by atoms with van der Waals surface area (Å²) >= 11 is 0. The van der Waals surface area contributed by atoms with Gasteiger partial charge in [-0.1, -0.05) is 6.07 Å². The molecule has 0 atom stereocenters. The van der Waals surface area contributed by atoms with Gasteiger partial charge in [-0.05, 0) is 24.3 Å². The quantitative estimate of drug-likeness (QED) is 0.347. The number of ether oxygens (including phenoxy) is 1. The van der Waals surface area contributed by atoms with Gasteiger partial charge in [-0.2, -0.15) is 0 Å². The average Bonchev–Trinajstić information content (AvgIpc) is 2.66. The molecule has 3 N–H and O–H groups in total. The van der Waals surface area contributed by atoms with Crippen LogP contribution in [0, 0.1) is 10.1 Å². The van der Waals surface area contributed by atoms with E-state index < -0.39 is 20.9 Å². The number of aliphatic hydroxyl groups is 1. The Kier molecular flexibility index (Phi) is 6.32. The Hall–Kier alpha value is -3.18. The van der Waals surface area contributed by atoms with E-state index in [4.69, 9.17) is 5.11 Å². The van der Waals surface area contributed by atoms with Crippen molar-refractivity contribution in [1.29, 1.82) is 0 Å². The van der Waals surface area contributed by atoms with Crippen molar-refractivity contribution in [1.82, 2.24) is 0 Å². The molecule has 0 spiro atoms.